The molecular weight excluding hydrogens is 286 g/mol. The van der Waals surface area contributed by atoms with Gasteiger partial charge in [-0.25, -0.2) is 4.68 Å². The summed E-state index contributed by atoms with van der Waals surface area (Å²) in [5.41, 5.74) is 3.80. The quantitative estimate of drug-likeness (QED) is 0.873. The maximum absolute atomic E-state index is 12.4. The zero-order chi connectivity index (χ0) is 16.2. The lowest BCUT2D eigenvalue weighted by atomic mass is 10.1. The fourth-order valence-corrected chi connectivity index (χ4v) is 3.34. The monoisotopic (exact) mass is 311 g/mol. The molecule has 1 amide bonds. The molecule has 1 N–H and O–H groups in total. The van der Waals surface area contributed by atoms with Gasteiger partial charge in [0.05, 0.1) is 11.4 Å². The van der Waals surface area contributed by atoms with Crippen LogP contribution < -0.4 is 5.32 Å². The Labute approximate surface area is 137 Å². The predicted molar refractivity (Wildman–Crippen MR) is 92.0 cm³/mol. The fourth-order valence-electron chi connectivity index (χ4n) is 3.34. The summed E-state index contributed by atoms with van der Waals surface area (Å²) in [5, 5.41) is 7.66. The number of hydrogen-bond donors (Lipinski definition) is 1. The number of carbonyl (C=O) groups excluding carboxylic acids is 1. The van der Waals surface area contributed by atoms with Crippen LogP contribution in [0.15, 0.2) is 30.3 Å². The van der Waals surface area contributed by atoms with E-state index in [1.165, 1.54) is 25.7 Å². The van der Waals surface area contributed by atoms with Gasteiger partial charge < -0.3 is 5.32 Å². The Kier molecular flexibility index (Phi) is 4.79. The molecule has 0 saturated heterocycles. The summed E-state index contributed by atoms with van der Waals surface area (Å²) in [5.74, 6) is 0.0387. The van der Waals surface area contributed by atoms with Gasteiger partial charge in [-0.15, -0.1) is 0 Å². The lowest BCUT2D eigenvalue weighted by Gasteiger charge is -2.16. The molecule has 0 unspecified atom stereocenters. The molecule has 1 fully saturated rings. The molecule has 2 aromatic rings. The lowest BCUT2D eigenvalue weighted by Crippen LogP contribution is -2.34. The van der Waals surface area contributed by atoms with Crippen LogP contribution in [0, 0.1) is 13.8 Å². The summed E-state index contributed by atoms with van der Waals surface area (Å²) < 4.78 is 1.91. The molecule has 0 radical (unpaired) electrons. The smallest absolute Gasteiger partial charge is 0.251 e. The highest BCUT2D eigenvalue weighted by atomic mass is 16.1. The van der Waals surface area contributed by atoms with Gasteiger partial charge in [0.2, 0.25) is 0 Å². The molecule has 1 aliphatic rings. The third kappa shape index (κ3) is 3.81. The maximum atomic E-state index is 12.4. The number of amides is 1. The van der Waals surface area contributed by atoms with E-state index in [1.54, 1.807) is 0 Å². The average Bonchev–Trinajstić information content (AvgIpc) is 2.74. The second kappa shape index (κ2) is 6.99. The number of benzene rings is 1. The Bertz CT molecular complexity index is 664. The third-order valence-electron chi connectivity index (χ3n) is 4.57. The molecule has 0 aliphatic heterocycles. The van der Waals surface area contributed by atoms with Crippen molar-refractivity contribution in [3.8, 4) is 5.69 Å². The van der Waals surface area contributed by atoms with E-state index in [2.05, 4.69) is 10.4 Å². The first kappa shape index (κ1) is 15.8. The number of carbonyl (C=O) groups is 1. The average molecular weight is 311 g/mol. The lowest BCUT2D eigenvalue weighted by molar-refractivity contribution is 0.0933. The highest BCUT2D eigenvalue weighted by Gasteiger charge is 2.15. The predicted octanol–water partition coefficient (Wildman–Crippen LogP) is 3.94. The molecule has 3 rings (SSSR count). The largest absolute Gasteiger partial charge is 0.349 e. The Morgan fingerprint density at radius 2 is 1.74 bits per heavy atom. The Balaban J connectivity index is 1.69. The van der Waals surface area contributed by atoms with Gasteiger partial charge in [0, 0.05) is 17.3 Å². The van der Waals surface area contributed by atoms with Crippen molar-refractivity contribution in [2.45, 2.75) is 58.4 Å². The van der Waals surface area contributed by atoms with Crippen molar-refractivity contribution in [2.24, 2.45) is 0 Å². The first-order chi connectivity index (χ1) is 11.1. The van der Waals surface area contributed by atoms with Crippen LogP contribution in [0.3, 0.4) is 0 Å². The van der Waals surface area contributed by atoms with E-state index >= 15 is 0 Å². The van der Waals surface area contributed by atoms with Gasteiger partial charge in [0.1, 0.15) is 0 Å². The fraction of sp³-hybridized carbons (Fsp3) is 0.474. The molecule has 0 bridgehead atoms. The SMILES string of the molecule is Cc1cc(C)n(-c2ccc(C(=O)NC3CCCCCC3)cc2)n1. The van der Waals surface area contributed by atoms with Crippen LogP contribution in [-0.2, 0) is 0 Å². The van der Waals surface area contributed by atoms with Crippen molar-refractivity contribution in [1.29, 1.82) is 0 Å². The molecule has 1 aromatic heterocycles. The molecule has 4 heteroatoms. The summed E-state index contributed by atoms with van der Waals surface area (Å²) in [4.78, 5) is 12.4. The normalized spacial score (nSPS) is 16.1. The number of rotatable bonds is 3. The van der Waals surface area contributed by atoms with Gasteiger partial charge >= 0.3 is 0 Å². The molecule has 1 aromatic carbocycles. The van der Waals surface area contributed by atoms with Crippen molar-refractivity contribution < 1.29 is 4.79 Å². The van der Waals surface area contributed by atoms with Gasteiger partial charge in [-0.05, 0) is 57.0 Å². The number of hydrogen-bond acceptors (Lipinski definition) is 2. The van der Waals surface area contributed by atoms with E-state index in [0.29, 0.717) is 6.04 Å². The van der Waals surface area contributed by atoms with Gasteiger partial charge in [0.25, 0.3) is 5.91 Å². The van der Waals surface area contributed by atoms with Gasteiger partial charge in [0.15, 0.2) is 0 Å². The first-order valence-electron chi connectivity index (χ1n) is 8.58. The van der Waals surface area contributed by atoms with Crippen LogP contribution in [0.2, 0.25) is 0 Å². The minimum Gasteiger partial charge on any atom is -0.349 e. The minimum absolute atomic E-state index is 0.0387. The van der Waals surface area contributed by atoms with Gasteiger partial charge in [-0.1, -0.05) is 25.7 Å². The zero-order valence-corrected chi connectivity index (χ0v) is 14.0. The second-order valence-corrected chi connectivity index (χ2v) is 6.55. The molecule has 1 aliphatic carbocycles. The summed E-state index contributed by atoms with van der Waals surface area (Å²) in [6.45, 7) is 4.02. The van der Waals surface area contributed by atoms with Crippen LogP contribution in [0.25, 0.3) is 5.69 Å². The number of aromatic nitrogens is 2. The molecule has 122 valence electrons. The van der Waals surface area contributed by atoms with E-state index in [0.717, 1.165) is 35.5 Å². The van der Waals surface area contributed by atoms with Crippen molar-refractivity contribution in [1.82, 2.24) is 15.1 Å². The molecular formula is C19H25N3O. The van der Waals surface area contributed by atoms with E-state index in [9.17, 15) is 4.79 Å². The summed E-state index contributed by atoms with van der Waals surface area (Å²) in [7, 11) is 0. The van der Waals surface area contributed by atoms with Crippen LogP contribution in [0.1, 0.15) is 60.3 Å². The maximum Gasteiger partial charge on any atom is 0.251 e. The van der Waals surface area contributed by atoms with E-state index in [4.69, 9.17) is 0 Å². The molecule has 23 heavy (non-hydrogen) atoms. The summed E-state index contributed by atoms with van der Waals surface area (Å²) >= 11 is 0. The Morgan fingerprint density at radius 1 is 1.09 bits per heavy atom. The molecule has 4 nitrogen and oxygen atoms in total. The molecule has 1 heterocycles. The van der Waals surface area contributed by atoms with Crippen molar-refractivity contribution in [2.75, 3.05) is 0 Å². The molecule has 0 spiro atoms. The highest BCUT2D eigenvalue weighted by molar-refractivity contribution is 5.94. The number of aryl methyl sites for hydroxylation is 2. The van der Waals surface area contributed by atoms with Crippen LogP contribution in [-0.4, -0.2) is 21.7 Å². The van der Waals surface area contributed by atoms with Gasteiger partial charge in [-0.3, -0.25) is 4.79 Å². The summed E-state index contributed by atoms with van der Waals surface area (Å²) in [6.07, 6.45) is 7.25. The minimum atomic E-state index is 0.0387. The van der Waals surface area contributed by atoms with Crippen LogP contribution in [0.5, 0.6) is 0 Å². The first-order valence-corrected chi connectivity index (χ1v) is 8.58. The van der Waals surface area contributed by atoms with E-state index < -0.39 is 0 Å². The van der Waals surface area contributed by atoms with Crippen molar-refractivity contribution in [3.05, 3.63) is 47.3 Å². The Hall–Kier alpha value is -2.10. The van der Waals surface area contributed by atoms with E-state index in [1.807, 2.05) is 48.9 Å². The topological polar surface area (TPSA) is 46.9 Å². The second-order valence-electron chi connectivity index (χ2n) is 6.55. The highest BCUT2D eigenvalue weighted by Crippen LogP contribution is 2.18. The van der Waals surface area contributed by atoms with Crippen LogP contribution in [0.4, 0.5) is 0 Å². The zero-order valence-electron chi connectivity index (χ0n) is 14.0. The van der Waals surface area contributed by atoms with Crippen molar-refractivity contribution >= 4 is 5.91 Å². The van der Waals surface area contributed by atoms with Gasteiger partial charge in [-0.2, -0.15) is 5.10 Å². The van der Waals surface area contributed by atoms with Crippen molar-refractivity contribution in [3.63, 3.8) is 0 Å². The Morgan fingerprint density at radius 3 is 2.30 bits per heavy atom. The molecule has 1 saturated carbocycles. The number of nitrogens with one attached hydrogen (secondary N) is 1. The summed E-state index contributed by atoms with van der Waals surface area (Å²) in [6, 6.07) is 10.1. The van der Waals surface area contributed by atoms with Crippen LogP contribution >= 0.6 is 0 Å². The standard InChI is InChI=1S/C19H25N3O/c1-14-13-15(2)22(21-14)18-11-9-16(10-12-18)19(23)20-17-7-5-3-4-6-8-17/h9-13,17H,3-8H2,1-2H3,(H,20,23). The third-order valence-corrected chi connectivity index (χ3v) is 4.57. The van der Waals surface area contributed by atoms with E-state index in [-0.39, 0.29) is 5.91 Å². The molecule has 0 atom stereocenters. The number of nitrogens with zero attached hydrogens (tertiary/aromatic N) is 2.